The second-order valence-electron chi connectivity index (χ2n) is 3.57. The van der Waals surface area contributed by atoms with E-state index in [1.807, 2.05) is 6.92 Å². The number of aryl methyl sites for hydroxylation is 1. The standard InChI is InChI=1S/C9H13N3O4S/c1-2-3-6-4-7(12(13)14)5-8(9(6)10)17(11,15)16/h4-5H,2-3,10H2,1H3,(H2,11,15,16). The summed E-state index contributed by atoms with van der Waals surface area (Å²) >= 11 is 0. The maximum atomic E-state index is 11.3. The van der Waals surface area contributed by atoms with E-state index in [4.69, 9.17) is 10.9 Å². The van der Waals surface area contributed by atoms with E-state index in [0.717, 1.165) is 6.07 Å². The van der Waals surface area contributed by atoms with Crippen molar-refractivity contribution in [3.05, 3.63) is 27.8 Å². The van der Waals surface area contributed by atoms with Gasteiger partial charge in [0, 0.05) is 12.1 Å². The van der Waals surface area contributed by atoms with Crippen LogP contribution >= 0.6 is 0 Å². The van der Waals surface area contributed by atoms with Crippen LogP contribution in [0.15, 0.2) is 17.0 Å². The Labute approximate surface area is 98.6 Å². The first-order chi connectivity index (χ1) is 7.77. The fourth-order valence-corrected chi connectivity index (χ4v) is 2.21. The second-order valence-corrected chi connectivity index (χ2v) is 5.10. The summed E-state index contributed by atoms with van der Waals surface area (Å²) in [5, 5.41) is 15.6. The molecule has 0 aliphatic carbocycles. The SMILES string of the molecule is CCCc1cc([N+](=O)[O-])cc(S(N)(=O)=O)c1N. The number of nitro groups is 1. The van der Waals surface area contributed by atoms with E-state index in [2.05, 4.69) is 0 Å². The monoisotopic (exact) mass is 259 g/mol. The Hall–Kier alpha value is -1.67. The molecule has 0 fully saturated rings. The fraction of sp³-hybridized carbons (Fsp3) is 0.333. The van der Waals surface area contributed by atoms with Gasteiger partial charge in [-0.05, 0) is 12.0 Å². The summed E-state index contributed by atoms with van der Waals surface area (Å²) in [5.41, 5.74) is 5.72. The number of hydrogen-bond donors (Lipinski definition) is 2. The zero-order valence-electron chi connectivity index (χ0n) is 9.21. The Morgan fingerprint density at radius 3 is 2.41 bits per heavy atom. The van der Waals surface area contributed by atoms with Crippen molar-refractivity contribution in [3.63, 3.8) is 0 Å². The van der Waals surface area contributed by atoms with E-state index < -0.39 is 19.8 Å². The first-order valence-corrected chi connectivity index (χ1v) is 6.41. The van der Waals surface area contributed by atoms with Gasteiger partial charge in [-0.1, -0.05) is 13.3 Å². The molecule has 1 rings (SSSR count). The molecule has 0 spiro atoms. The van der Waals surface area contributed by atoms with Crippen LogP contribution in [0.4, 0.5) is 11.4 Å². The lowest BCUT2D eigenvalue weighted by molar-refractivity contribution is -0.385. The number of nitrogen functional groups attached to an aromatic ring is 1. The van der Waals surface area contributed by atoms with Crippen LogP contribution in [-0.2, 0) is 16.4 Å². The van der Waals surface area contributed by atoms with Crippen molar-refractivity contribution in [3.8, 4) is 0 Å². The Kier molecular flexibility index (Phi) is 3.69. The first-order valence-electron chi connectivity index (χ1n) is 4.87. The normalized spacial score (nSPS) is 11.4. The Morgan fingerprint density at radius 1 is 1.41 bits per heavy atom. The van der Waals surface area contributed by atoms with Crippen molar-refractivity contribution in [2.45, 2.75) is 24.7 Å². The summed E-state index contributed by atoms with van der Waals surface area (Å²) in [7, 11) is -4.06. The van der Waals surface area contributed by atoms with E-state index in [1.165, 1.54) is 6.07 Å². The highest BCUT2D eigenvalue weighted by molar-refractivity contribution is 7.89. The molecule has 7 nitrogen and oxygen atoms in total. The molecule has 0 unspecified atom stereocenters. The fourth-order valence-electron chi connectivity index (χ4n) is 1.49. The molecule has 0 aliphatic rings. The van der Waals surface area contributed by atoms with E-state index >= 15 is 0 Å². The van der Waals surface area contributed by atoms with Crippen LogP contribution in [0.2, 0.25) is 0 Å². The van der Waals surface area contributed by atoms with E-state index in [1.54, 1.807) is 0 Å². The largest absolute Gasteiger partial charge is 0.397 e. The molecule has 0 aliphatic heterocycles. The minimum absolute atomic E-state index is 0.0139. The molecular formula is C9H13N3O4S. The van der Waals surface area contributed by atoms with Crippen molar-refractivity contribution < 1.29 is 13.3 Å². The zero-order chi connectivity index (χ0) is 13.2. The number of nitrogens with zero attached hydrogens (tertiary/aromatic N) is 1. The summed E-state index contributed by atoms with van der Waals surface area (Å²) in [5.74, 6) is 0. The number of sulfonamides is 1. The molecule has 0 radical (unpaired) electrons. The van der Waals surface area contributed by atoms with Gasteiger partial charge in [-0.2, -0.15) is 0 Å². The number of anilines is 1. The molecule has 0 saturated carbocycles. The average molecular weight is 259 g/mol. The molecule has 0 atom stereocenters. The lowest BCUT2D eigenvalue weighted by atomic mass is 10.1. The molecule has 17 heavy (non-hydrogen) atoms. The van der Waals surface area contributed by atoms with Crippen molar-refractivity contribution in [1.82, 2.24) is 0 Å². The summed E-state index contributed by atoms with van der Waals surface area (Å²) in [6, 6.07) is 2.15. The molecule has 0 heterocycles. The minimum Gasteiger partial charge on any atom is -0.397 e. The Balaban J connectivity index is 3.54. The molecule has 0 amide bonds. The number of nitrogens with two attached hydrogens (primary N) is 2. The third-order valence-corrected chi connectivity index (χ3v) is 3.20. The summed E-state index contributed by atoms with van der Waals surface area (Å²) in [6.07, 6.45) is 1.14. The van der Waals surface area contributed by atoms with Gasteiger partial charge in [0.2, 0.25) is 10.0 Å². The second kappa shape index (κ2) is 4.68. The Bertz CT molecular complexity index is 554. The third kappa shape index (κ3) is 2.92. The topological polar surface area (TPSA) is 129 Å². The maximum absolute atomic E-state index is 11.3. The molecule has 8 heteroatoms. The number of nitro benzene ring substituents is 1. The molecule has 94 valence electrons. The van der Waals surface area contributed by atoms with Gasteiger partial charge < -0.3 is 5.73 Å². The van der Waals surface area contributed by atoms with Crippen LogP contribution in [0.1, 0.15) is 18.9 Å². The summed E-state index contributed by atoms with van der Waals surface area (Å²) < 4.78 is 22.5. The molecule has 1 aromatic rings. The highest BCUT2D eigenvalue weighted by Gasteiger charge is 2.20. The smallest absolute Gasteiger partial charge is 0.271 e. The molecule has 0 bridgehead atoms. The van der Waals surface area contributed by atoms with Gasteiger partial charge in [0.25, 0.3) is 5.69 Å². The van der Waals surface area contributed by atoms with Gasteiger partial charge in [0.1, 0.15) is 4.90 Å². The van der Waals surface area contributed by atoms with Crippen molar-refractivity contribution in [1.29, 1.82) is 0 Å². The lowest BCUT2D eigenvalue weighted by Crippen LogP contribution is -2.16. The van der Waals surface area contributed by atoms with E-state index in [9.17, 15) is 18.5 Å². The van der Waals surface area contributed by atoms with E-state index in [-0.39, 0.29) is 11.4 Å². The predicted molar refractivity (Wildman–Crippen MR) is 62.9 cm³/mol. The van der Waals surface area contributed by atoms with Crippen LogP contribution in [0.25, 0.3) is 0 Å². The minimum atomic E-state index is -4.06. The van der Waals surface area contributed by atoms with E-state index in [0.29, 0.717) is 18.4 Å². The van der Waals surface area contributed by atoms with Crippen LogP contribution in [-0.4, -0.2) is 13.3 Å². The quantitative estimate of drug-likeness (QED) is 0.468. The van der Waals surface area contributed by atoms with Crippen LogP contribution in [0.3, 0.4) is 0 Å². The summed E-state index contributed by atoms with van der Waals surface area (Å²) in [4.78, 5) is 9.61. The zero-order valence-corrected chi connectivity index (χ0v) is 10.0. The molecule has 0 saturated heterocycles. The first kappa shape index (κ1) is 13.4. The molecule has 0 aromatic heterocycles. The Morgan fingerprint density at radius 2 is 2.00 bits per heavy atom. The van der Waals surface area contributed by atoms with Crippen molar-refractivity contribution >= 4 is 21.4 Å². The van der Waals surface area contributed by atoms with Crippen LogP contribution < -0.4 is 10.9 Å². The van der Waals surface area contributed by atoms with Gasteiger partial charge in [-0.15, -0.1) is 0 Å². The number of benzene rings is 1. The summed E-state index contributed by atoms with van der Waals surface area (Å²) in [6.45, 7) is 1.86. The van der Waals surface area contributed by atoms with Crippen LogP contribution in [0.5, 0.6) is 0 Å². The average Bonchev–Trinajstić information content (AvgIpc) is 2.19. The van der Waals surface area contributed by atoms with Crippen molar-refractivity contribution in [2.24, 2.45) is 5.14 Å². The number of primary sulfonamides is 1. The highest BCUT2D eigenvalue weighted by Crippen LogP contribution is 2.28. The highest BCUT2D eigenvalue weighted by atomic mass is 32.2. The lowest BCUT2D eigenvalue weighted by Gasteiger charge is -2.08. The van der Waals surface area contributed by atoms with Gasteiger partial charge in [0.15, 0.2) is 0 Å². The number of rotatable bonds is 4. The van der Waals surface area contributed by atoms with Gasteiger partial charge in [0.05, 0.1) is 10.6 Å². The van der Waals surface area contributed by atoms with Crippen molar-refractivity contribution in [2.75, 3.05) is 5.73 Å². The van der Waals surface area contributed by atoms with Gasteiger partial charge >= 0.3 is 0 Å². The number of non-ortho nitro benzene ring substituents is 1. The molecular weight excluding hydrogens is 246 g/mol. The third-order valence-electron chi connectivity index (χ3n) is 2.25. The predicted octanol–water partition coefficient (Wildman–Crippen LogP) is 0.777. The molecule has 1 aromatic carbocycles. The number of hydrogen-bond acceptors (Lipinski definition) is 5. The van der Waals surface area contributed by atoms with Crippen LogP contribution in [0, 0.1) is 10.1 Å². The van der Waals surface area contributed by atoms with Gasteiger partial charge in [-0.3, -0.25) is 10.1 Å². The maximum Gasteiger partial charge on any atom is 0.271 e. The molecule has 4 N–H and O–H groups in total. The van der Waals surface area contributed by atoms with Gasteiger partial charge in [-0.25, -0.2) is 13.6 Å².